The molecule has 172 valence electrons. The van der Waals surface area contributed by atoms with E-state index in [0.29, 0.717) is 0 Å². The maximum Gasteiger partial charge on any atom is 0.270 e. The van der Waals surface area contributed by atoms with Gasteiger partial charge in [0.15, 0.2) is 0 Å². The number of carbonyl (C=O) groups excluding carboxylic acids is 2. The van der Waals surface area contributed by atoms with E-state index in [1.807, 2.05) is 24.3 Å². The Bertz CT molecular complexity index is 1160. The van der Waals surface area contributed by atoms with Gasteiger partial charge in [0.1, 0.15) is 6.54 Å². The second-order valence-electron chi connectivity index (χ2n) is 8.46. The molecule has 0 saturated carbocycles. The Labute approximate surface area is 191 Å². The minimum absolute atomic E-state index is 0.00666. The van der Waals surface area contributed by atoms with Crippen LogP contribution < -0.4 is 11.1 Å². The third-order valence-electron chi connectivity index (χ3n) is 6.22. The zero-order valence-electron chi connectivity index (χ0n) is 18.3. The van der Waals surface area contributed by atoms with Gasteiger partial charge in [0, 0.05) is 47.4 Å². The fourth-order valence-corrected chi connectivity index (χ4v) is 4.28. The number of carbonyl (C=O) groups is 2. The van der Waals surface area contributed by atoms with Crippen LogP contribution in [-0.4, -0.2) is 45.8 Å². The molecule has 0 bridgehead atoms. The molecule has 1 aromatic heterocycles. The minimum atomic E-state index is -0.432. The summed E-state index contributed by atoms with van der Waals surface area (Å²) in [6.07, 6.45) is 4.31. The third-order valence-corrected chi connectivity index (χ3v) is 6.22. The SMILES string of the molecule is NC(=O)C1CCN(CCc2ccc(NC(=O)Cn3ccc4cc([N+](=O)[O-])ccc43)cc2)CC1. The van der Waals surface area contributed by atoms with E-state index >= 15 is 0 Å². The molecule has 0 spiro atoms. The van der Waals surface area contributed by atoms with Crippen molar-refractivity contribution < 1.29 is 14.5 Å². The number of nitro benzene ring substituents is 1. The van der Waals surface area contributed by atoms with Crippen LogP contribution in [0.3, 0.4) is 0 Å². The molecule has 1 aliphatic heterocycles. The number of hydrogen-bond acceptors (Lipinski definition) is 5. The Kier molecular flexibility index (Phi) is 6.69. The van der Waals surface area contributed by atoms with E-state index in [9.17, 15) is 19.7 Å². The molecule has 0 aliphatic carbocycles. The highest BCUT2D eigenvalue weighted by Gasteiger charge is 2.22. The second-order valence-corrected chi connectivity index (χ2v) is 8.46. The number of amides is 2. The molecule has 2 heterocycles. The number of nitrogens with two attached hydrogens (primary N) is 1. The third kappa shape index (κ3) is 5.56. The smallest absolute Gasteiger partial charge is 0.270 e. The number of likely N-dealkylation sites (tertiary alicyclic amines) is 1. The van der Waals surface area contributed by atoms with Crippen molar-refractivity contribution in [1.29, 1.82) is 0 Å². The van der Waals surface area contributed by atoms with Crippen LogP contribution in [0, 0.1) is 16.0 Å². The highest BCUT2D eigenvalue weighted by atomic mass is 16.6. The predicted molar refractivity (Wildman–Crippen MR) is 126 cm³/mol. The van der Waals surface area contributed by atoms with Gasteiger partial charge in [-0.05, 0) is 62.2 Å². The van der Waals surface area contributed by atoms with Gasteiger partial charge in [-0.3, -0.25) is 19.7 Å². The van der Waals surface area contributed by atoms with Crippen LogP contribution in [-0.2, 0) is 22.6 Å². The largest absolute Gasteiger partial charge is 0.369 e. The molecule has 2 amide bonds. The number of aromatic nitrogens is 1. The first kappa shape index (κ1) is 22.5. The van der Waals surface area contributed by atoms with E-state index in [2.05, 4.69) is 10.2 Å². The number of hydrogen-bond donors (Lipinski definition) is 2. The number of piperidine rings is 1. The van der Waals surface area contributed by atoms with Crippen molar-refractivity contribution in [2.75, 3.05) is 25.0 Å². The Morgan fingerprint density at radius 1 is 1.09 bits per heavy atom. The molecule has 1 saturated heterocycles. The van der Waals surface area contributed by atoms with Gasteiger partial charge in [0.05, 0.1) is 4.92 Å². The van der Waals surface area contributed by atoms with Gasteiger partial charge >= 0.3 is 0 Å². The van der Waals surface area contributed by atoms with E-state index in [1.165, 1.54) is 17.7 Å². The molecule has 0 radical (unpaired) electrons. The molecule has 2 aromatic carbocycles. The van der Waals surface area contributed by atoms with Crippen LogP contribution in [0.2, 0.25) is 0 Å². The highest BCUT2D eigenvalue weighted by Crippen LogP contribution is 2.22. The first-order valence-electron chi connectivity index (χ1n) is 11.0. The van der Waals surface area contributed by atoms with Crippen molar-refractivity contribution in [3.8, 4) is 0 Å². The molecule has 33 heavy (non-hydrogen) atoms. The summed E-state index contributed by atoms with van der Waals surface area (Å²) in [5.41, 5.74) is 8.09. The standard InChI is InChI=1S/C24H27N5O4/c25-24(31)18-8-12-27(13-9-18)11-7-17-1-3-20(4-2-17)26-23(30)16-28-14-10-19-15-21(29(32)33)5-6-22(19)28/h1-6,10,14-15,18H,7-9,11-13,16H2,(H2,25,31)(H,26,30). The molecule has 0 atom stereocenters. The first-order valence-corrected chi connectivity index (χ1v) is 11.0. The minimum Gasteiger partial charge on any atom is -0.369 e. The van der Waals surface area contributed by atoms with Crippen LogP contribution in [0.25, 0.3) is 10.9 Å². The van der Waals surface area contributed by atoms with Crippen molar-refractivity contribution in [3.05, 3.63) is 70.4 Å². The van der Waals surface area contributed by atoms with Gasteiger partial charge in [-0.1, -0.05) is 12.1 Å². The number of fused-ring (bicyclic) bond motifs is 1. The van der Waals surface area contributed by atoms with Crippen molar-refractivity contribution in [2.45, 2.75) is 25.8 Å². The number of benzene rings is 2. The Balaban J connectivity index is 1.27. The lowest BCUT2D eigenvalue weighted by atomic mass is 9.96. The summed E-state index contributed by atoms with van der Waals surface area (Å²) in [5, 5.41) is 14.6. The van der Waals surface area contributed by atoms with Crippen LogP contribution in [0.5, 0.6) is 0 Å². The molecule has 3 N–H and O–H groups in total. The maximum atomic E-state index is 12.5. The Morgan fingerprint density at radius 3 is 2.48 bits per heavy atom. The maximum absolute atomic E-state index is 12.5. The number of nitrogens with one attached hydrogen (secondary N) is 1. The van der Waals surface area contributed by atoms with E-state index in [1.54, 1.807) is 22.9 Å². The van der Waals surface area contributed by atoms with E-state index in [4.69, 9.17) is 5.73 Å². The van der Waals surface area contributed by atoms with Crippen molar-refractivity contribution >= 4 is 34.1 Å². The molecule has 9 heteroatoms. The molecular weight excluding hydrogens is 422 g/mol. The molecule has 0 unspecified atom stereocenters. The molecule has 1 fully saturated rings. The van der Waals surface area contributed by atoms with Crippen LogP contribution in [0.15, 0.2) is 54.7 Å². The second kappa shape index (κ2) is 9.83. The summed E-state index contributed by atoms with van der Waals surface area (Å²) in [6, 6.07) is 14.2. The van der Waals surface area contributed by atoms with Gasteiger partial charge in [0.2, 0.25) is 11.8 Å². The molecule has 9 nitrogen and oxygen atoms in total. The predicted octanol–water partition coefficient (Wildman–Crippen LogP) is 2.93. The number of nitro groups is 1. The van der Waals surface area contributed by atoms with Crippen molar-refractivity contribution in [1.82, 2.24) is 9.47 Å². The summed E-state index contributed by atoms with van der Waals surface area (Å²) in [5.74, 6) is -0.357. The quantitative estimate of drug-likeness (QED) is 0.404. The summed E-state index contributed by atoms with van der Waals surface area (Å²) < 4.78 is 1.77. The molecule has 1 aliphatic rings. The summed E-state index contributed by atoms with van der Waals surface area (Å²) in [7, 11) is 0. The lowest BCUT2D eigenvalue weighted by Crippen LogP contribution is -2.39. The summed E-state index contributed by atoms with van der Waals surface area (Å²) in [4.78, 5) is 36.6. The zero-order chi connectivity index (χ0) is 23.4. The summed E-state index contributed by atoms with van der Waals surface area (Å²) in [6.45, 7) is 2.83. The fraction of sp³-hybridized carbons (Fsp3) is 0.333. The Hall–Kier alpha value is -3.72. The van der Waals surface area contributed by atoms with Crippen LogP contribution in [0.1, 0.15) is 18.4 Å². The highest BCUT2D eigenvalue weighted by molar-refractivity contribution is 5.92. The molecule has 3 aromatic rings. The lowest BCUT2D eigenvalue weighted by molar-refractivity contribution is -0.384. The lowest BCUT2D eigenvalue weighted by Gasteiger charge is -2.30. The van der Waals surface area contributed by atoms with Gasteiger partial charge < -0.3 is 20.5 Å². The monoisotopic (exact) mass is 449 g/mol. The zero-order valence-corrected chi connectivity index (χ0v) is 18.3. The number of non-ortho nitro benzene ring substituents is 1. The number of anilines is 1. The van der Waals surface area contributed by atoms with Gasteiger partial charge in [-0.2, -0.15) is 0 Å². The van der Waals surface area contributed by atoms with E-state index in [0.717, 1.165) is 55.5 Å². The van der Waals surface area contributed by atoms with Crippen molar-refractivity contribution in [2.24, 2.45) is 11.7 Å². The van der Waals surface area contributed by atoms with E-state index in [-0.39, 0.29) is 30.0 Å². The van der Waals surface area contributed by atoms with Gasteiger partial charge in [-0.15, -0.1) is 0 Å². The average molecular weight is 450 g/mol. The van der Waals surface area contributed by atoms with Crippen molar-refractivity contribution in [3.63, 3.8) is 0 Å². The Morgan fingerprint density at radius 2 is 1.82 bits per heavy atom. The summed E-state index contributed by atoms with van der Waals surface area (Å²) >= 11 is 0. The first-order chi connectivity index (χ1) is 15.9. The van der Waals surface area contributed by atoms with Gasteiger partial charge in [0.25, 0.3) is 5.69 Å². The van der Waals surface area contributed by atoms with Crippen LogP contribution >= 0.6 is 0 Å². The van der Waals surface area contributed by atoms with Gasteiger partial charge in [-0.25, -0.2) is 0 Å². The number of rotatable bonds is 8. The van der Waals surface area contributed by atoms with Crippen LogP contribution in [0.4, 0.5) is 11.4 Å². The fourth-order valence-electron chi connectivity index (χ4n) is 4.28. The number of primary amides is 1. The normalized spacial score (nSPS) is 14.9. The number of nitrogens with zero attached hydrogens (tertiary/aromatic N) is 3. The molecule has 4 rings (SSSR count). The topological polar surface area (TPSA) is 124 Å². The molecular formula is C24H27N5O4. The van der Waals surface area contributed by atoms with E-state index < -0.39 is 4.92 Å². The average Bonchev–Trinajstić information content (AvgIpc) is 3.20.